The molecule has 0 spiro atoms. The van der Waals surface area contributed by atoms with E-state index in [2.05, 4.69) is 0 Å². The number of hydrogen-bond donors (Lipinski definition) is 2. The summed E-state index contributed by atoms with van der Waals surface area (Å²) in [4.78, 5) is 24.0. The van der Waals surface area contributed by atoms with Crippen molar-refractivity contribution in [2.24, 2.45) is 5.73 Å². The summed E-state index contributed by atoms with van der Waals surface area (Å²) in [5.74, 6) is -1.79. The van der Waals surface area contributed by atoms with Gasteiger partial charge in [0, 0.05) is 5.69 Å². The number of nitrogen functional groups attached to an aromatic ring is 1. The van der Waals surface area contributed by atoms with E-state index in [-0.39, 0.29) is 22.0 Å². The number of anilines is 1. The van der Waals surface area contributed by atoms with Gasteiger partial charge in [0.15, 0.2) is 0 Å². The van der Waals surface area contributed by atoms with Crippen LogP contribution in [0.1, 0.15) is 15.9 Å². The Morgan fingerprint density at radius 2 is 1.61 bits per heavy atom. The Bertz CT molecular complexity index is 712. The van der Waals surface area contributed by atoms with E-state index in [1.807, 2.05) is 0 Å². The van der Waals surface area contributed by atoms with Crippen LogP contribution in [0.25, 0.3) is 0 Å². The van der Waals surface area contributed by atoms with Gasteiger partial charge in [0.1, 0.15) is 6.04 Å². The summed E-state index contributed by atoms with van der Waals surface area (Å²) in [6, 6.07) is 10.4. The van der Waals surface area contributed by atoms with E-state index < -0.39 is 18.0 Å². The molecule has 0 aliphatic carbocycles. The average molecular weight is 353 g/mol. The number of esters is 2. The topological polar surface area (TPSA) is 95.4 Å². The van der Waals surface area contributed by atoms with Gasteiger partial charge < -0.3 is 16.2 Å². The largest absolute Gasteiger partial charge is 0.399 e. The van der Waals surface area contributed by atoms with Crippen LogP contribution >= 0.6 is 23.2 Å². The number of carbonyl (C=O) groups is 2. The van der Waals surface area contributed by atoms with Crippen LogP contribution in [-0.4, -0.2) is 18.0 Å². The molecular formula is C16H14Cl2N2O3. The van der Waals surface area contributed by atoms with Crippen LogP contribution in [0.2, 0.25) is 10.0 Å². The molecule has 2 rings (SSSR count). The van der Waals surface area contributed by atoms with E-state index >= 15 is 0 Å². The number of hydrogen-bond acceptors (Lipinski definition) is 5. The zero-order valence-corrected chi connectivity index (χ0v) is 13.5. The lowest BCUT2D eigenvalue weighted by Crippen LogP contribution is -2.35. The van der Waals surface area contributed by atoms with Gasteiger partial charge in [-0.15, -0.1) is 0 Å². The molecule has 0 unspecified atom stereocenters. The van der Waals surface area contributed by atoms with Crippen LogP contribution < -0.4 is 11.5 Å². The fourth-order valence-corrected chi connectivity index (χ4v) is 2.45. The zero-order valence-electron chi connectivity index (χ0n) is 12.0. The van der Waals surface area contributed by atoms with Crippen LogP contribution in [0.5, 0.6) is 0 Å². The quantitative estimate of drug-likeness (QED) is 0.501. The van der Waals surface area contributed by atoms with Crippen LogP contribution in [0, 0.1) is 0 Å². The number of ether oxygens (including phenoxy) is 1. The van der Waals surface area contributed by atoms with Crippen molar-refractivity contribution in [2.75, 3.05) is 5.73 Å². The summed E-state index contributed by atoms with van der Waals surface area (Å²) < 4.78 is 4.76. The molecule has 120 valence electrons. The summed E-state index contributed by atoms with van der Waals surface area (Å²) >= 11 is 11.8. The molecule has 0 radical (unpaired) electrons. The zero-order chi connectivity index (χ0) is 17.0. The Morgan fingerprint density at radius 3 is 2.17 bits per heavy atom. The SMILES string of the molecule is Nc1ccc(C[C@H](N)C(=O)OC(=O)c2c(Cl)cccc2Cl)cc1. The lowest BCUT2D eigenvalue weighted by Gasteiger charge is -2.11. The first-order chi connectivity index (χ1) is 10.9. The fraction of sp³-hybridized carbons (Fsp3) is 0.125. The van der Waals surface area contributed by atoms with Crippen LogP contribution in [-0.2, 0) is 16.0 Å². The highest BCUT2D eigenvalue weighted by Crippen LogP contribution is 2.25. The van der Waals surface area contributed by atoms with Crippen molar-refractivity contribution in [3.05, 3.63) is 63.6 Å². The minimum atomic E-state index is -0.996. The van der Waals surface area contributed by atoms with Gasteiger partial charge in [-0.25, -0.2) is 9.59 Å². The number of carbonyl (C=O) groups excluding carboxylic acids is 2. The molecule has 4 N–H and O–H groups in total. The predicted molar refractivity (Wildman–Crippen MR) is 89.4 cm³/mol. The van der Waals surface area contributed by atoms with E-state index in [1.54, 1.807) is 30.3 Å². The maximum atomic E-state index is 12.0. The third-order valence-corrected chi connectivity index (χ3v) is 3.73. The van der Waals surface area contributed by atoms with Gasteiger partial charge >= 0.3 is 11.9 Å². The summed E-state index contributed by atoms with van der Waals surface area (Å²) in [6.07, 6.45) is 0.211. The maximum absolute atomic E-state index is 12.0. The summed E-state index contributed by atoms with van der Waals surface area (Å²) in [5, 5.41) is 0.199. The third-order valence-electron chi connectivity index (χ3n) is 3.10. The first-order valence-corrected chi connectivity index (χ1v) is 7.44. The van der Waals surface area contributed by atoms with E-state index in [9.17, 15) is 9.59 Å². The highest BCUT2D eigenvalue weighted by molar-refractivity contribution is 6.39. The monoisotopic (exact) mass is 352 g/mol. The van der Waals surface area contributed by atoms with E-state index in [1.165, 1.54) is 12.1 Å². The second-order valence-electron chi connectivity index (χ2n) is 4.86. The van der Waals surface area contributed by atoms with Crippen molar-refractivity contribution in [3.63, 3.8) is 0 Å². The lowest BCUT2D eigenvalue weighted by atomic mass is 10.1. The van der Waals surface area contributed by atoms with Gasteiger partial charge in [-0.3, -0.25) is 0 Å². The molecule has 2 aromatic carbocycles. The molecule has 0 aromatic heterocycles. The van der Waals surface area contributed by atoms with Crippen LogP contribution in [0.15, 0.2) is 42.5 Å². The number of halogens is 2. The van der Waals surface area contributed by atoms with Crippen LogP contribution in [0.3, 0.4) is 0 Å². The number of nitrogens with two attached hydrogens (primary N) is 2. The van der Waals surface area contributed by atoms with Gasteiger partial charge in [0.05, 0.1) is 15.6 Å². The predicted octanol–water partition coefficient (Wildman–Crippen LogP) is 2.83. The highest BCUT2D eigenvalue weighted by Gasteiger charge is 2.23. The molecule has 0 amide bonds. The van der Waals surface area contributed by atoms with Gasteiger partial charge in [-0.1, -0.05) is 41.4 Å². The molecule has 7 heteroatoms. The van der Waals surface area contributed by atoms with Gasteiger partial charge in [0.25, 0.3) is 0 Å². The average Bonchev–Trinajstić information content (AvgIpc) is 2.49. The minimum Gasteiger partial charge on any atom is -0.399 e. The lowest BCUT2D eigenvalue weighted by molar-refractivity contribution is -0.139. The van der Waals surface area contributed by atoms with Crippen molar-refractivity contribution < 1.29 is 14.3 Å². The Balaban J connectivity index is 2.03. The van der Waals surface area contributed by atoms with Gasteiger partial charge in [-0.2, -0.15) is 0 Å². The maximum Gasteiger partial charge on any atom is 0.348 e. The fourth-order valence-electron chi connectivity index (χ4n) is 1.90. The summed E-state index contributed by atoms with van der Waals surface area (Å²) in [7, 11) is 0. The molecule has 2 aromatic rings. The van der Waals surface area contributed by atoms with E-state index in [0.29, 0.717) is 5.69 Å². The number of rotatable bonds is 4. The molecule has 0 heterocycles. The van der Waals surface area contributed by atoms with Crippen molar-refractivity contribution in [2.45, 2.75) is 12.5 Å². The standard InChI is InChI=1S/C16H14Cl2N2O3/c17-11-2-1-3-12(18)14(11)16(22)23-15(21)13(20)8-9-4-6-10(19)7-5-9/h1-7,13H,8,19-20H2/t13-/m0/s1. The van der Waals surface area contributed by atoms with Crippen molar-refractivity contribution in [1.29, 1.82) is 0 Å². The van der Waals surface area contributed by atoms with Gasteiger partial charge in [0.2, 0.25) is 0 Å². The van der Waals surface area contributed by atoms with E-state index in [0.717, 1.165) is 5.56 Å². The molecule has 0 bridgehead atoms. The van der Waals surface area contributed by atoms with Crippen molar-refractivity contribution >= 4 is 40.8 Å². The Kier molecular flexibility index (Phi) is 5.60. The highest BCUT2D eigenvalue weighted by atomic mass is 35.5. The second-order valence-corrected chi connectivity index (χ2v) is 5.67. The van der Waals surface area contributed by atoms with Crippen molar-refractivity contribution in [3.8, 4) is 0 Å². The molecule has 0 aliphatic heterocycles. The van der Waals surface area contributed by atoms with Crippen LogP contribution in [0.4, 0.5) is 5.69 Å². The Morgan fingerprint density at radius 1 is 1.04 bits per heavy atom. The molecule has 0 aliphatic rings. The molecule has 5 nitrogen and oxygen atoms in total. The summed E-state index contributed by atoms with van der Waals surface area (Å²) in [5.41, 5.74) is 12.7. The van der Waals surface area contributed by atoms with Gasteiger partial charge in [-0.05, 0) is 36.2 Å². The molecule has 1 atom stereocenters. The smallest absolute Gasteiger partial charge is 0.348 e. The first kappa shape index (κ1) is 17.3. The normalized spacial score (nSPS) is 11.8. The van der Waals surface area contributed by atoms with Crippen molar-refractivity contribution in [1.82, 2.24) is 0 Å². The Labute approximate surface area is 143 Å². The second kappa shape index (κ2) is 7.46. The van der Waals surface area contributed by atoms with E-state index in [4.69, 9.17) is 39.4 Å². The molecular weight excluding hydrogens is 339 g/mol. The number of benzene rings is 2. The molecule has 0 fully saturated rings. The Hall–Kier alpha value is -2.08. The molecule has 23 heavy (non-hydrogen) atoms. The molecule has 0 saturated heterocycles. The summed E-state index contributed by atoms with van der Waals surface area (Å²) in [6.45, 7) is 0. The third kappa shape index (κ3) is 4.45. The minimum absolute atomic E-state index is 0.0659. The first-order valence-electron chi connectivity index (χ1n) is 6.68. The molecule has 0 saturated carbocycles.